The maximum atomic E-state index is 12.9. The lowest BCUT2D eigenvalue weighted by atomic mass is 10.2. The van der Waals surface area contributed by atoms with Crippen LogP contribution < -0.4 is 14.4 Å². The Kier molecular flexibility index (Phi) is 6.30. The van der Waals surface area contributed by atoms with Gasteiger partial charge in [-0.15, -0.1) is 0 Å². The summed E-state index contributed by atoms with van der Waals surface area (Å²) in [6, 6.07) is 12.8. The van der Waals surface area contributed by atoms with Gasteiger partial charge in [0.15, 0.2) is 0 Å². The van der Waals surface area contributed by atoms with Gasteiger partial charge >= 0.3 is 0 Å². The number of sulfonamides is 1. The second-order valence-electron chi connectivity index (χ2n) is 6.38. The van der Waals surface area contributed by atoms with Crippen molar-refractivity contribution >= 4 is 15.7 Å². The molecule has 146 valence electrons. The van der Waals surface area contributed by atoms with E-state index in [-0.39, 0.29) is 4.90 Å². The lowest BCUT2D eigenvalue weighted by molar-refractivity contribution is 0.262. The minimum atomic E-state index is -3.60. The zero-order valence-corrected chi connectivity index (χ0v) is 16.1. The van der Waals surface area contributed by atoms with Crippen LogP contribution in [0.1, 0.15) is 0 Å². The molecular formula is C19H24FN3O3S. The SMILES string of the molecule is COc1ccc(N2CCN(CCNS(=O)(=O)c3ccc(F)cc3)CC2)cc1. The van der Waals surface area contributed by atoms with Crippen LogP contribution in [0.5, 0.6) is 5.75 Å². The Balaban J connectivity index is 1.44. The first kappa shape index (κ1) is 19.6. The quantitative estimate of drug-likeness (QED) is 0.779. The molecule has 3 rings (SSSR count). The zero-order chi connectivity index (χ0) is 19.3. The molecule has 0 aliphatic carbocycles. The number of hydrogen-bond acceptors (Lipinski definition) is 5. The third kappa shape index (κ3) is 5.18. The molecule has 2 aromatic rings. The number of hydrogen-bond donors (Lipinski definition) is 1. The van der Waals surface area contributed by atoms with E-state index < -0.39 is 15.8 Å². The van der Waals surface area contributed by atoms with Crippen molar-refractivity contribution in [3.05, 3.63) is 54.3 Å². The fourth-order valence-corrected chi connectivity index (χ4v) is 4.08. The Morgan fingerprint density at radius 2 is 1.63 bits per heavy atom. The number of ether oxygens (including phenoxy) is 1. The van der Waals surface area contributed by atoms with E-state index in [4.69, 9.17) is 4.74 Å². The summed E-state index contributed by atoms with van der Waals surface area (Å²) in [7, 11) is -1.95. The molecule has 0 atom stereocenters. The normalized spacial score (nSPS) is 15.7. The Labute approximate surface area is 159 Å². The summed E-state index contributed by atoms with van der Waals surface area (Å²) < 4.78 is 45.1. The van der Waals surface area contributed by atoms with Gasteiger partial charge in [0.2, 0.25) is 10.0 Å². The third-order valence-corrected chi connectivity index (χ3v) is 6.13. The monoisotopic (exact) mass is 393 g/mol. The number of nitrogens with zero attached hydrogens (tertiary/aromatic N) is 2. The number of rotatable bonds is 7. The summed E-state index contributed by atoms with van der Waals surface area (Å²) in [6.45, 7) is 4.46. The van der Waals surface area contributed by atoms with Gasteiger partial charge in [-0.25, -0.2) is 17.5 Å². The van der Waals surface area contributed by atoms with Crippen molar-refractivity contribution in [2.45, 2.75) is 4.90 Å². The summed E-state index contributed by atoms with van der Waals surface area (Å²) in [6.07, 6.45) is 0. The van der Waals surface area contributed by atoms with Gasteiger partial charge in [-0.3, -0.25) is 4.90 Å². The first-order chi connectivity index (χ1) is 13.0. The average molecular weight is 393 g/mol. The minimum Gasteiger partial charge on any atom is -0.497 e. The molecule has 6 nitrogen and oxygen atoms in total. The highest BCUT2D eigenvalue weighted by Crippen LogP contribution is 2.20. The van der Waals surface area contributed by atoms with Crippen molar-refractivity contribution in [1.29, 1.82) is 0 Å². The Morgan fingerprint density at radius 1 is 1.00 bits per heavy atom. The van der Waals surface area contributed by atoms with E-state index in [9.17, 15) is 12.8 Å². The van der Waals surface area contributed by atoms with Gasteiger partial charge in [0, 0.05) is 45.0 Å². The Bertz CT molecular complexity index is 834. The molecule has 1 heterocycles. The summed E-state index contributed by atoms with van der Waals surface area (Å²) in [5.74, 6) is 0.384. The van der Waals surface area contributed by atoms with Gasteiger partial charge in [0.05, 0.1) is 12.0 Å². The molecule has 0 bridgehead atoms. The molecule has 1 aliphatic heterocycles. The van der Waals surface area contributed by atoms with Crippen molar-refractivity contribution in [2.24, 2.45) is 0 Å². The number of piperazine rings is 1. The van der Waals surface area contributed by atoms with E-state index in [1.807, 2.05) is 24.3 Å². The maximum Gasteiger partial charge on any atom is 0.240 e. The Hall–Kier alpha value is -2.16. The number of anilines is 1. The second-order valence-corrected chi connectivity index (χ2v) is 8.15. The molecule has 0 spiro atoms. The molecule has 1 fully saturated rings. The van der Waals surface area contributed by atoms with Crippen molar-refractivity contribution in [1.82, 2.24) is 9.62 Å². The number of benzene rings is 2. The molecule has 0 saturated carbocycles. The highest BCUT2D eigenvalue weighted by Gasteiger charge is 2.18. The van der Waals surface area contributed by atoms with Gasteiger partial charge in [-0.2, -0.15) is 0 Å². The summed E-state index contributed by atoms with van der Waals surface area (Å²) in [5, 5.41) is 0. The molecule has 27 heavy (non-hydrogen) atoms. The van der Waals surface area contributed by atoms with E-state index in [0.717, 1.165) is 49.7 Å². The number of halogens is 1. The van der Waals surface area contributed by atoms with E-state index in [1.54, 1.807) is 7.11 Å². The smallest absolute Gasteiger partial charge is 0.240 e. The van der Waals surface area contributed by atoms with E-state index in [2.05, 4.69) is 14.5 Å². The fraction of sp³-hybridized carbons (Fsp3) is 0.368. The van der Waals surface area contributed by atoms with E-state index >= 15 is 0 Å². The highest BCUT2D eigenvalue weighted by atomic mass is 32.2. The molecule has 8 heteroatoms. The molecule has 0 unspecified atom stereocenters. The zero-order valence-electron chi connectivity index (χ0n) is 15.3. The van der Waals surface area contributed by atoms with Crippen LogP contribution in [0.2, 0.25) is 0 Å². The lowest BCUT2D eigenvalue weighted by Gasteiger charge is -2.36. The van der Waals surface area contributed by atoms with Gasteiger partial charge in [0.25, 0.3) is 0 Å². The molecule has 0 radical (unpaired) electrons. The van der Waals surface area contributed by atoms with Crippen LogP contribution in [0.4, 0.5) is 10.1 Å². The molecule has 1 N–H and O–H groups in total. The first-order valence-electron chi connectivity index (χ1n) is 8.84. The van der Waals surface area contributed by atoms with Crippen LogP contribution in [0.25, 0.3) is 0 Å². The van der Waals surface area contributed by atoms with Crippen molar-refractivity contribution in [2.75, 3.05) is 51.3 Å². The molecule has 1 aliphatic rings. The Morgan fingerprint density at radius 3 is 2.22 bits per heavy atom. The summed E-state index contributed by atoms with van der Waals surface area (Å²) in [5.41, 5.74) is 1.16. The number of methoxy groups -OCH3 is 1. The van der Waals surface area contributed by atoms with Gasteiger partial charge in [0.1, 0.15) is 11.6 Å². The first-order valence-corrected chi connectivity index (χ1v) is 10.3. The molecular weight excluding hydrogens is 369 g/mol. The topological polar surface area (TPSA) is 61.9 Å². The molecule has 1 saturated heterocycles. The summed E-state index contributed by atoms with van der Waals surface area (Å²) >= 11 is 0. The van der Waals surface area contributed by atoms with Crippen LogP contribution in [-0.2, 0) is 10.0 Å². The predicted octanol–water partition coefficient (Wildman–Crippen LogP) is 1.93. The molecule has 2 aromatic carbocycles. The van der Waals surface area contributed by atoms with Crippen LogP contribution in [0.3, 0.4) is 0 Å². The van der Waals surface area contributed by atoms with Crippen molar-refractivity contribution < 1.29 is 17.5 Å². The van der Waals surface area contributed by atoms with Crippen molar-refractivity contribution in [3.8, 4) is 5.75 Å². The molecule has 0 amide bonds. The molecule has 0 aromatic heterocycles. The van der Waals surface area contributed by atoms with Crippen molar-refractivity contribution in [3.63, 3.8) is 0 Å². The predicted molar refractivity (Wildman–Crippen MR) is 103 cm³/mol. The largest absolute Gasteiger partial charge is 0.497 e. The lowest BCUT2D eigenvalue weighted by Crippen LogP contribution is -2.48. The van der Waals surface area contributed by atoms with Gasteiger partial charge in [-0.05, 0) is 48.5 Å². The minimum absolute atomic E-state index is 0.0771. The number of nitrogens with one attached hydrogen (secondary N) is 1. The van der Waals surface area contributed by atoms with Crippen LogP contribution in [0.15, 0.2) is 53.4 Å². The third-order valence-electron chi connectivity index (χ3n) is 4.65. The summed E-state index contributed by atoms with van der Waals surface area (Å²) in [4.78, 5) is 4.61. The van der Waals surface area contributed by atoms with Crippen LogP contribution >= 0.6 is 0 Å². The van der Waals surface area contributed by atoms with Gasteiger partial charge < -0.3 is 9.64 Å². The van der Waals surface area contributed by atoms with Gasteiger partial charge in [-0.1, -0.05) is 0 Å². The highest BCUT2D eigenvalue weighted by molar-refractivity contribution is 7.89. The second kappa shape index (κ2) is 8.69. The fourth-order valence-electron chi connectivity index (χ4n) is 3.06. The van der Waals surface area contributed by atoms with Crippen LogP contribution in [-0.4, -0.2) is 59.7 Å². The maximum absolute atomic E-state index is 12.9. The standard InChI is InChI=1S/C19H24FN3O3S/c1-26-18-6-4-17(5-7-18)23-14-12-22(13-15-23)11-10-21-27(24,25)19-8-2-16(20)3-9-19/h2-9,21H,10-15H2,1H3. The average Bonchev–Trinajstić information content (AvgIpc) is 2.69. The van der Waals surface area contributed by atoms with Crippen LogP contribution in [0, 0.1) is 5.82 Å². The van der Waals surface area contributed by atoms with E-state index in [0.29, 0.717) is 13.1 Å². The van der Waals surface area contributed by atoms with E-state index in [1.165, 1.54) is 12.1 Å².